The molecule has 6 nitrogen and oxygen atoms in total. The largest absolute Gasteiger partial charge is 0.514 e. The van der Waals surface area contributed by atoms with Crippen LogP contribution in [0.2, 0.25) is 5.02 Å². The van der Waals surface area contributed by atoms with Crippen molar-refractivity contribution < 1.29 is 22.8 Å². The standard InChI is InChI=1S/C16H23ClN2O4S/c1-12-11-19(15(20)21,16(2,3)4)10-9-18(12)24(22,23)14-7-5-13(17)6-8-14/h5-8,12H,9-11H2,1-4H3/p+1/t12-,19?/m1/s1. The van der Waals surface area contributed by atoms with Gasteiger partial charge in [-0.2, -0.15) is 9.10 Å². The molecule has 1 N–H and O–H groups in total. The Kier molecular flexibility index (Phi) is 5.03. The molecule has 24 heavy (non-hydrogen) atoms. The van der Waals surface area contributed by atoms with E-state index in [1.807, 2.05) is 20.8 Å². The molecule has 1 aliphatic rings. The quantitative estimate of drug-likeness (QED) is 0.806. The zero-order valence-electron chi connectivity index (χ0n) is 14.4. The first-order valence-corrected chi connectivity index (χ1v) is 9.62. The molecule has 1 fully saturated rings. The molecule has 0 spiro atoms. The Bertz CT molecular complexity index is 727. The van der Waals surface area contributed by atoms with Crippen LogP contribution in [-0.2, 0) is 10.0 Å². The van der Waals surface area contributed by atoms with E-state index in [2.05, 4.69) is 0 Å². The summed E-state index contributed by atoms with van der Waals surface area (Å²) in [4.78, 5) is 12.1. The van der Waals surface area contributed by atoms with E-state index in [1.165, 1.54) is 28.6 Å². The van der Waals surface area contributed by atoms with Crippen LogP contribution in [0.25, 0.3) is 0 Å². The number of hydrogen-bond donors (Lipinski definition) is 1. The fourth-order valence-corrected chi connectivity index (χ4v) is 5.03. The van der Waals surface area contributed by atoms with Crippen molar-refractivity contribution in [3.63, 3.8) is 0 Å². The topological polar surface area (TPSA) is 74.7 Å². The average molecular weight is 376 g/mol. The summed E-state index contributed by atoms with van der Waals surface area (Å²) in [7, 11) is -3.68. The molecular formula is C16H24ClN2O4S+. The van der Waals surface area contributed by atoms with Crippen LogP contribution in [-0.4, -0.2) is 59.6 Å². The van der Waals surface area contributed by atoms with Gasteiger partial charge >= 0.3 is 6.09 Å². The number of quaternary nitrogens is 1. The zero-order chi connectivity index (χ0) is 18.3. The number of hydrogen-bond acceptors (Lipinski definition) is 3. The smallest absolute Gasteiger partial charge is 0.435 e. The molecule has 2 rings (SSSR count). The summed E-state index contributed by atoms with van der Waals surface area (Å²) in [6.45, 7) is 8.00. The number of sulfonamides is 1. The van der Waals surface area contributed by atoms with Gasteiger partial charge < -0.3 is 5.11 Å². The number of piperazine rings is 1. The van der Waals surface area contributed by atoms with Crippen LogP contribution < -0.4 is 0 Å². The number of benzene rings is 1. The summed E-state index contributed by atoms with van der Waals surface area (Å²) in [5, 5.41) is 10.2. The van der Waals surface area contributed by atoms with Crippen molar-refractivity contribution in [3.8, 4) is 0 Å². The van der Waals surface area contributed by atoms with Gasteiger partial charge in [0.15, 0.2) is 0 Å². The summed E-state index contributed by atoms with van der Waals surface area (Å²) < 4.78 is 27.0. The highest BCUT2D eigenvalue weighted by Gasteiger charge is 2.53. The Morgan fingerprint density at radius 1 is 1.29 bits per heavy atom. The van der Waals surface area contributed by atoms with E-state index in [0.717, 1.165) is 0 Å². The fraction of sp³-hybridized carbons (Fsp3) is 0.562. The van der Waals surface area contributed by atoms with Crippen molar-refractivity contribution in [1.82, 2.24) is 4.31 Å². The monoisotopic (exact) mass is 375 g/mol. The molecule has 0 radical (unpaired) electrons. The van der Waals surface area contributed by atoms with Gasteiger partial charge in [-0.3, -0.25) is 0 Å². The minimum Gasteiger partial charge on any atom is -0.435 e. The number of amides is 1. The first kappa shape index (κ1) is 19.2. The highest BCUT2D eigenvalue weighted by atomic mass is 35.5. The molecule has 1 aromatic carbocycles. The van der Waals surface area contributed by atoms with Crippen molar-refractivity contribution in [2.24, 2.45) is 0 Å². The molecule has 1 aromatic rings. The lowest BCUT2D eigenvalue weighted by molar-refractivity contribution is -0.909. The van der Waals surface area contributed by atoms with Crippen LogP contribution in [0.15, 0.2) is 29.2 Å². The lowest BCUT2D eigenvalue weighted by Gasteiger charge is -2.50. The summed E-state index contributed by atoms with van der Waals surface area (Å²) >= 11 is 5.82. The lowest BCUT2D eigenvalue weighted by atomic mass is 9.98. The van der Waals surface area contributed by atoms with E-state index in [0.29, 0.717) is 5.02 Å². The molecule has 0 aromatic heterocycles. The fourth-order valence-electron chi connectivity index (χ4n) is 3.29. The summed E-state index contributed by atoms with van der Waals surface area (Å²) in [6.07, 6.45) is -0.919. The third-order valence-electron chi connectivity index (χ3n) is 4.84. The van der Waals surface area contributed by atoms with Crippen LogP contribution in [0.3, 0.4) is 0 Å². The summed E-state index contributed by atoms with van der Waals surface area (Å²) in [6, 6.07) is 5.60. The molecule has 1 amide bonds. The van der Waals surface area contributed by atoms with Gasteiger partial charge in [-0.05, 0) is 52.0 Å². The van der Waals surface area contributed by atoms with E-state index in [1.54, 1.807) is 6.92 Å². The second-order valence-corrected chi connectivity index (χ2v) is 9.57. The zero-order valence-corrected chi connectivity index (χ0v) is 15.9. The van der Waals surface area contributed by atoms with Gasteiger partial charge in [0.05, 0.1) is 17.5 Å². The highest BCUT2D eigenvalue weighted by molar-refractivity contribution is 7.89. The molecule has 8 heteroatoms. The van der Waals surface area contributed by atoms with Gasteiger partial charge in [0.1, 0.15) is 18.6 Å². The van der Waals surface area contributed by atoms with Gasteiger partial charge in [-0.25, -0.2) is 12.9 Å². The number of carbonyl (C=O) groups is 1. The lowest BCUT2D eigenvalue weighted by Crippen LogP contribution is -2.72. The van der Waals surface area contributed by atoms with Crippen LogP contribution in [0.4, 0.5) is 4.79 Å². The van der Waals surface area contributed by atoms with E-state index >= 15 is 0 Å². The van der Waals surface area contributed by atoms with Gasteiger partial charge in [0, 0.05) is 5.02 Å². The molecule has 1 unspecified atom stereocenters. The molecule has 0 aliphatic carbocycles. The first-order valence-electron chi connectivity index (χ1n) is 7.80. The number of nitrogens with zero attached hydrogens (tertiary/aromatic N) is 2. The minimum atomic E-state index is -3.68. The molecule has 134 valence electrons. The maximum absolute atomic E-state index is 12.9. The second-order valence-electron chi connectivity index (χ2n) is 7.25. The van der Waals surface area contributed by atoms with Gasteiger partial charge in [-0.1, -0.05) is 11.6 Å². The number of carboxylic acid groups (broad SMARTS) is 1. The third-order valence-corrected chi connectivity index (χ3v) is 7.12. The van der Waals surface area contributed by atoms with Crippen LogP contribution >= 0.6 is 11.6 Å². The van der Waals surface area contributed by atoms with Crippen molar-refractivity contribution in [2.75, 3.05) is 19.6 Å². The van der Waals surface area contributed by atoms with Crippen molar-refractivity contribution >= 4 is 27.7 Å². The Morgan fingerprint density at radius 3 is 2.25 bits per heavy atom. The predicted octanol–water partition coefficient (Wildman–Crippen LogP) is 3.03. The predicted molar refractivity (Wildman–Crippen MR) is 92.6 cm³/mol. The summed E-state index contributed by atoms with van der Waals surface area (Å²) in [5.74, 6) is 0. The Morgan fingerprint density at radius 2 is 1.83 bits per heavy atom. The average Bonchev–Trinajstić information content (AvgIpc) is 2.45. The SMILES string of the molecule is C[C@@H]1C[N+](C(=O)O)(C(C)(C)C)CCN1S(=O)(=O)c1ccc(Cl)cc1. The van der Waals surface area contributed by atoms with E-state index in [-0.39, 0.29) is 29.0 Å². The summed E-state index contributed by atoms with van der Waals surface area (Å²) in [5.41, 5.74) is -0.518. The van der Waals surface area contributed by atoms with Crippen LogP contribution in [0, 0.1) is 0 Å². The molecule has 0 bridgehead atoms. The molecule has 1 saturated heterocycles. The Labute approximate surface area is 148 Å². The maximum Gasteiger partial charge on any atom is 0.514 e. The molecule has 1 heterocycles. The molecule has 0 saturated carbocycles. The third kappa shape index (κ3) is 3.18. The van der Waals surface area contributed by atoms with Crippen molar-refractivity contribution in [3.05, 3.63) is 29.3 Å². The Hall–Kier alpha value is -1.15. The van der Waals surface area contributed by atoms with Gasteiger partial charge in [-0.15, -0.1) is 0 Å². The normalized spacial score (nSPS) is 26.3. The van der Waals surface area contributed by atoms with Crippen LogP contribution in [0.5, 0.6) is 0 Å². The maximum atomic E-state index is 12.9. The minimum absolute atomic E-state index is 0.152. The molecular weight excluding hydrogens is 352 g/mol. The van der Waals surface area contributed by atoms with Gasteiger partial charge in [0.2, 0.25) is 10.0 Å². The van der Waals surface area contributed by atoms with Crippen LogP contribution in [0.1, 0.15) is 27.7 Å². The highest BCUT2D eigenvalue weighted by Crippen LogP contribution is 2.32. The van der Waals surface area contributed by atoms with E-state index in [9.17, 15) is 18.3 Å². The molecule has 2 atom stereocenters. The van der Waals surface area contributed by atoms with Crippen molar-refractivity contribution in [2.45, 2.75) is 44.2 Å². The van der Waals surface area contributed by atoms with Crippen molar-refractivity contribution in [1.29, 1.82) is 0 Å². The second kappa shape index (κ2) is 6.29. The Balaban J connectivity index is 2.34. The first-order chi connectivity index (χ1) is 10.9. The van der Waals surface area contributed by atoms with E-state index < -0.39 is 27.7 Å². The number of rotatable bonds is 2. The number of halogens is 1. The van der Waals surface area contributed by atoms with Gasteiger partial charge in [0.25, 0.3) is 0 Å². The molecule has 1 aliphatic heterocycles. The van der Waals surface area contributed by atoms with E-state index in [4.69, 9.17) is 11.6 Å².